The molecule has 1 fully saturated rings. The van der Waals surface area contributed by atoms with Crippen molar-refractivity contribution >= 4 is 5.91 Å². The minimum absolute atomic E-state index is 0.223. The number of hydrogen-bond donors (Lipinski definition) is 1. The Hall–Kier alpha value is -0.530. The van der Waals surface area contributed by atoms with Gasteiger partial charge in [-0.05, 0) is 6.42 Å². The number of β-lactam (4-membered cyclic amide) rings is 1. The molecular formula is C8H15NO. The van der Waals surface area contributed by atoms with Crippen LogP contribution in [0.25, 0.3) is 0 Å². The van der Waals surface area contributed by atoms with Crippen LogP contribution in [0.4, 0.5) is 0 Å². The smallest absolute Gasteiger partial charge is 0.225 e. The van der Waals surface area contributed by atoms with Crippen molar-refractivity contribution in [1.82, 2.24) is 5.32 Å². The predicted molar refractivity (Wildman–Crippen MR) is 40.6 cm³/mol. The highest BCUT2D eigenvalue weighted by Crippen LogP contribution is 2.18. The molecular weight excluding hydrogens is 126 g/mol. The zero-order chi connectivity index (χ0) is 7.56. The molecule has 1 amide bonds. The van der Waals surface area contributed by atoms with Crippen LogP contribution < -0.4 is 5.32 Å². The molecule has 2 atom stereocenters. The molecule has 0 saturated carbocycles. The number of carbonyl (C=O) groups is 1. The number of carbonyl (C=O) groups excluding carboxylic acids is 1. The second kappa shape index (κ2) is 3.04. The van der Waals surface area contributed by atoms with Crippen LogP contribution in [-0.4, -0.2) is 11.9 Å². The van der Waals surface area contributed by atoms with Crippen LogP contribution in [0, 0.1) is 5.92 Å². The highest BCUT2D eigenvalue weighted by molar-refractivity contribution is 5.85. The Morgan fingerprint density at radius 1 is 1.60 bits per heavy atom. The Morgan fingerprint density at radius 3 is 2.70 bits per heavy atom. The molecule has 1 aliphatic heterocycles. The van der Waals surface area contributed by atoms with Gasteiger partial charge in [-0.25, -0.2) is 0 Å². The molecule has 1 aliphatic rings. The molecule has 0 radical (unpaired) electrons. The zero-order valence-corrected chi connectivity index (χ0v) is 6.68. The SMILES string of the molecule is CCCC[C@H]1NC(=O)[C@H]1C. The van der Waals surface area contributed by atoms with Crippen molar-refractivity contribution in [3.8, 4) is 0 Å². The van der Waals surface area contributed by atoms with Crippen molar-refractivity contribution in [1.29, 1.82) is 0 Å². The Labute approximate surface area is 62.0 Å². The summed E-state index contributed by atoms with van der Waals surface area (Å²) in [5, 5.41) is 2.89. The molecule has 0 spiro atoms. The minimum atomic E-state index is 0.223. The molecule has 1 rings (SSSR count). The Morgan fingerprint density at radius 2 is 2.30 bits per heavy atom. The zero-order valence-electron chi connectivity index (χ0n) is 6.68. The molecule has 0 unspecified atom stereocenters. The highest BCUT2D eigenvalue weighted by Gasteiger charge is 2.33. The van der Waals surface area contributed by atoms with E-state index in [0.29, 0.717) is 6.04 Å². The summed E-state index contributed by atoms with van der Waals surface area (Å²) in [6, 6.07) is 0.479. The van der Waals surface area contributed by atoms with E-state index in [9.17, 15) is 4.79 Å². The van der Waals surface area contributed by atoms with Crippen molar-refractivity contribution in [3.63, 3.8) is 0 Å². The van der Waals surface area contributed by atoms with Crippen molar-refractivity contribution in [2.45, 2.75) is 39.2 Å². The molecule has 0 aromatic heterocycles. The quantitative estimate of drug-likeness (QED) is 0.590. The van der Waals surface area contributed by atoms with E-state index >= 15 is 0 Å². The second-order valence-corrected chi connectivity index (χ2v) is 3.05. The molecule has 0 aliphatic carbocycles. The van der Waals surface area contributed by atoms with Crippen LogP contribution in [0.1, 0.15) is 33.1 Å². The van der Waals surface area contributed by atoms with Gasteiger partial charge in [-0.2, -0.15) is 0 Å². The first-order chi connectivity index (χ1) is 4.75. The van der Waals surface area contributed by atoms with E-state index in [-0.39, 0.29) is 11.8 Å². The molecule has 0 bridgehead atoms. The monoisotopic (exact) mass is 141 g/mol. The third kappa shape index (κ3) is 1.31. The van der Waals surface area contributed by atoms with Gasteiger partial charge >= 0.3 is 0 Å². The van der Waals surface area contributed by atoms with Gasteiger partial charge in [0.25, 0.3) is 0 Å². The summed E-state index contributed by atoms with van der Waals surface area (Å²) in [6.45, 7) is 4.17. The van der Waals surface area contributed by atoms with Gasteiger partial charge in [0.05, 0.1) is 5.92 Å². The van der Waals surface area contributed by atoms with Crippen LogP contribution in [-0.2, 0) is 4.79 Å². The van der Waals surface area contributed by atoms with Gasteiger partial charge in [-0.15, -0.1) is 0 Å². The van der Waals surface area contributed by atoms with Crippen molar-refractivity contribution in [2.75, 3.05) is 0 Å². The molecule has 10 heavy (non-hydrogen) atoms. The molecule has 2 heteroatoms. The van der Waals surface area contributed by atoms with Gasteiger partial charge in [-0.1, -0.05) is 26.7 Å². The van der Waals surface area contributed by atoms with E-state index in [1.165, 1.54) is 12.8 Å². The fraction of sp³-hybridized carbons (Fsp3) is 0.875. The lowest BCUT2D eigenvalue weighted by molar-refractivity contribution is -0.134. The number of unbranched alkanes of at least 4 members (excludes halogenated alkanes) is 1. The van der Waals surface area contributed by atoms with Crippen molar-refractivity contribution < 1.29 is 4.79 Å². The standard InChI is InChI=1S/C8H15NO/c1-3-4-5-7-6(2)8(10)9-7/h6-7H,3-5H2,1-2H3,(H,9,10)/t6-,7+/m0/s1. The van der Waals surface area contributed by atoms with E-state index in [1.807, 2.05) is 6.92 Å². The van der Waals surface area contributed by atoms with E-state index in [0.717, 1.165) is 6.42 Å². The number of nitrogens with one attached hydrogen (secondary N) is 1. The summed E-state index contributed by atoms with van der Waals surface area (Å²) in [6.07, 6.45) is 3.61. The lowest BCUT2D eigenvalue weighted by Gasteiger charge is -2.34. The van der Waals surface area contributed by atoms with Crippen LogP contribution in [0.2, 0.25) is 0 Å². The lowest BCUT2D eigenvalue weighted by atomic mass is 9.89. The second-order valence-electron chi connectivity index (χ2n) is 3.05. The number of amides is 1. The fourth-order valence-electron chi connectivity index (χ4n) is 1.27. The van der Waals surface area contributed by atoms with E-state index < -0.39 is 0 Å². The van der Waals surface area contributed by atoms with E-state index in [2.05, 4.69) is 12.2 Å². The predicted octanol–water partition coefficient (Wildman–Crippen LogP) is 1.31. The molecule has 1 saturated heterocycles. The lowest BCUT2D eigenvalue weighted by Crippen LogP contribution is -2.56. The largest absolute Gasteiger partial charge is 0.352 e. The summed E-state index contributed by atoms with van der Waals surface area (Å²) in [7, 11) is 0. The van der Waals surface area contributed by atoms with Gasteiger partial charge in [0.2, 0.25) is 5.91 Å². The average molecular weight is 141 g/mol. The first kappa shape index (κ1) is 7.58. The summed E-state index contributed by atoms with van der Waals surface area (Å²) in [5.74, 6) is 0.493. The third-order valence-electron chi connectivity index (χ3n) is 2.21. The van der Waals surface area contributed by atoms with Crippen LogP contribution >= 0.6 is 0 Å². The van der Waals surface area contributed by atoms with Gasteiger partial charge < -0.3 is 5.32 Å². The maximum Gasteiger partial charge on any atom is 0.225 e. The fourth-order valence-corrected chi connectivity index (χ4v) is 1.27. The molecule has 0 aromatic rings. The Bertz CT molecular complexity index is 133. The van der Waals surface area contributed by atoms with E-state index in [1.54, 1.807) is 0 Å². The normalized spacial score (nSPS) is 31.2. The number of hydrogen-bond acceptors (Lipinski definition) is 1. The Balaban J connectivity index is 2.14. The summed E-state index contributed by atoms with van der Waals surface area (Å²) in [5.41, 5.74) is 0. The third-order valence-corrected chi connectivity index (χ3v) is 2.21. The van der Waals surface area contributed by atoms with Crippen LogP contribution in [0.3, 0.4) is 0 Å². The highest BCUT2D eigenvalue weighted by atomic mass is 16.2. The maximum atomic E-state index is 10.7. The summed E-state index contributed by atoms with van der Waals surface area (Å²) >= 11 is 0. The first-order valence-corrected chi connectivity index (χ1v) is 4.06. The Kier molecular flexibility index (Phi) is 2.30. The molecule has 1 N–H and O–H groups in total. The topological polar surface area (TPSA) is 29.1 Å². The number of rotatable bonds is 3. The van der Waals surface area contributed by atoms with Crippen LogP contribution in [0.5, 0.6) is 0 Å². The van der Waals surface area contributed by atoms with Gasteiger partial charge in [0.15, 0.2) is 0 Å². The first-order valence-electron chi connectivity index (χ1n) is 4.06. The molecule has 58 valence electrons. The van der Waals surface area contributed by atoms with E-state index in [4.69, 9.17) is 0 Å². The van der Waals surface area contributed by atoms with Gasteiger partial charge in [-0.3, -0.25) is 4.79 Å². The molecule has 0 aromatic carbocycles. The average Bonchev–Trinajstić information content (AvgIpc) is 1.97. The van der Waals surface area contributed by atoms with Crippen LogP contribution in [0.15, 0.2) is 0 Å². The summed E-state index contributed by atoms with van der Waals surface area (Å²) in [4.78, 5) is 10.7. The molecule has 2 nitrogen and oxygen atoms in total. The maximum absolute atomic E-state index is 10.7. The van der Waals surface area contributed by atoms with Crippen molar-refractivity contribution in [2.24, 2.45) is 5.92 Å². The van der Waals surface area contributed by atoms with Gasteiger partial charge in [0.1, 0.15) is 0 Å². The molecule has 1 heterocycles. The van der Waals surface area contributed by atoms with Gasteiger partial charge in [0, 0.05) is 6.04 Å². The summed E-state index contributed by atoms with van der Waals surface area (Å²) < 4.78 is 0. The minimum Gasteiger partial charge on any atom is -0.352 e. The van der Waals surface area contributed by atoms with Crippen molar-refractivity contribution in [3.05, 3.63) is 0 Å².